The normalized spacial score (nSPS) is 25.3. The third-order valence-corrected chi connectivity index (χ3v) is 4.81. The van der Waals surface area contributed by atoms with E-state index in [2.05, 4.69) is 25.2 Å². The number of benzene rings is 2. The van der Waals surface area contributed by atoms with E-state index >= 15 is 0 Å². The van der Waals surface area contributed by atoms with Gasteiger partial charge in [-0.3, -0.25) is 0 Å². The van der Waals surface area contributed by atoms with Crippen molar-refractivity contribution in [3.8, 4) is 0 Å². The summed E-state index contributed by atoms with van der Waals surface area (Å²) in [6.07, 6.45) is -0.677. The highest BCUT2D eigenvalue weighted by atomic mass is 19.2. The van der Waals surface area contributed by atoms with Gasteiger partial charge in [0.05, 0.1) is 6.04 Å². The van der Waals surface area contributed by atoms with Gasteiger partial charge < -0.3 is 14.8 Å². The SMILES string of the molecule is CC(C)c1ccc2c(c1)C1OCOC1C(c1cccc(F)c1F)N2. The maximum absolute atomic E-state index is 14.3. The van der Waals surface area contributed by atoms with E-state index in [-0.39, 0.29) is 18.5 Å². The second kappa shape index (κ2) is 5.83. The van der Waals surface area contributed by atoms with Crippen molar-refractivity contribution in [1.29, 1.82) is 0 Å². The lowest BCUT2D eigenvalue weighted by Crippen LogP contribution is -2.35. The van der Waals surface area contributed by atoms with E-state index in [1.165, 1.54) is 11.6 Å². The highest BCUT2D eigenvalue weighted by molar-refractivity contribution is 5.59. The number of rotatable bonds is 2. The average Bonchev–Trinajstić information content (AvgIpc) is 3.06. The molecule has 3 atom stereocenters. The summed E-state index contributed by atoms with van der Waals surface area (Å²) in [5, 5.41) is 3.31. The van der Waals surface area contributed by atoms with Gasteiger partial charge >= 0.3 is 0 Å². The molecule has 0 radical (unpaired) electrons. The van der Waals surface area contributed by atoms with Crippen molar-refractivity contribution < 1.29 is 18.3 Å². The van der Waals surface area contributed by atoms with Gasteiger partial charge in [0.2, 0.25) is 0 Å². The van der Waals surface area contributed by atoms with Crippen LogP contribution in [-0.2, 0) is 9.47 Å². The molecule has 5 heteroatoms. The fourth-order valence-corrected chi connectivity index (χ4v) is 3.48. The fourth-order valence-electron chi connectivity index (χ4n) is 3.48. The summed E-state index contributed by atoms with van der Waals surface area (Å²) < 4.78 is 39.4. The first kappa shape index (κ1) is 15.5. The van der Waals surface area contributed by atoms with Crippen LogP contribution >= 0.6 is 0 Å². The number of nitrogens with one attached hydrogen (secondary N) is 1. The van der Waals surface area contributed by atoms with Gasteiger partial charge in [-0.2, -0.15) is 0 Å². The van der Waals surface area contributed by atoms with Gasteiger partial charge in [0.15, 0.2) is 11.6 Å². The van der Waals surface area contributed by atoms with Crippen molar-refractivity contribution in [2.24, 2.45) is 0 Å². The van der Waals surface area contributed by atoms with Gasteiger partial charge in [-0.1, -0.05) is 38.1 Å². The van der Waals surface area contributed by atoms with Crippen LogP contribution < -0.4 is 5.32 Å². The van der Waals surface area contributed by atoms with Crippen molar-refractivity contribution >= 4 is 5.69 Å². The minimum Gasteiger partial charge on any atom is -0.375 e. The lowest BCUT2D eigenvalue weighted by atomic mass is 9.86. The molecule has 0 spiro atoms. The molecule has 3 unspecified atom stereocenters. The molecule has 3 nitrogen and oxygen atoms in total. The molecule has 4 rings (SSSR count). The highest BCUT2D eigenvalue weighted by Crippen LogP contribution is 2.46. The second-order valence-electron chi connectivity index (χ2n) is 6.60. The standard InChI is InChI=1S/C19H19F2NO2/c1-10(2)11-6-7-15-13(8-11)18-19(24-9-23-18)17(22-15)12-4-3-5-14(20)16(12)21/h3-8,10,17-19,22H,9H2,1-2H3. The summed E-state index contributed by atoms with van der Waals surface area (Å²) in [5.41, 5.74) is 3.35. The van der Waals surface area contributed by atoms with Gasteiger partial charge in [0, 0.05) is 16.8 Å². The molecular weight excluding hydrogens is 312 g/mol. The summed E-state index contributed by atoms with van der Waals surface area (Å²) in [7, 11) is 0. The minimum atomic E-state index is -0.856. The fraction of sp³-hybridized carbons (Fsp3) is 0.368. The van der Waals surface area contributed by atoms with Crippen molar-refractivity contribution in [3.05, 3.63) is 64.7 Å². The number of fused-ring (bicyclic) bond motifs is 3. The predicted octanol–water partition coefficient (Wildman–Crippen LogP) is 4.67. The van der Waals surface area contributed by atoms with Crippen molar-refractivity contribution in [1.82, 2.24) is 0 Å². The monoisotopic (exact) mass is 331 g/mol. The molecule has 2 aliphatic heterocycles. The Morgan fingerprint density at radius 2 is 1.92 bits per heavy atom. The number of ether oxygens (including phenoxy) is 2. The summed E-state index contributed by atoms with van der Waals surface area (Å²) in [6.45, 7) is 4.41. The number of anilines is 1. The summed E-state index contributed by atoms with van der Waals surface area (Å²) >= 11 is 0. The van der Waals surface area contributed by atoms with Gasteiger partial charge in [-0.05, 0) is 23.6 Å². The Balaban J connectivity index is 1.79. The zero-order chi connectivity index (χ0) is 16.8. The molecule has 2 aliphatic rings. The minimum absolute atomic E-state index is 0.149. The topological polar surface area (TPSA) is 30.5 Å². The van der Waals surface area contributed by atoms with Crippen LogP contribution in [0.15, 0.2) is 36.4 Å². The highest BCUT2D eigenvalue weighted by Gasteiger charge is 2.44. The van der Waals surface area contributed by atoms with Crippen LogP contribution in [0.2, 0.25) is 0 Å². The van der Waals surface area contributed by atoms with Gasteiger partial charge in [0.1, 0.15) is 19.0 Å². The number of halogens is 2. The second-order valence-corrected chi connectivity index (χ2v) is 6.60. The van der Waals surface area contributed by atoms with E-state index in [9.17, 15) is 8.78 Å². The first-order chi connectivity index (χ1) is 11.6. The van der Waals surface area contributed by atoms with Crippen molar-refractivity contribution in [3.63, 3.8) is 0 Å². The van der Waals surface area contributed by atoms with Crippen molar-refractivity contribution in [2.75, 3.05) is 12.1 Å². The van der Waals surface area contributed by atoms with Crippen LogP contribution in [0.25, 0.3) is 0 Å². The Kier molecular flexibility index (Phi) is 3.77. The summed E-state index contributed by atoms with van der Waals surface area (Å²) in [5.74, 6) is -1.30. The van der Waals surface area contributed by atoms with Crippen LogP contribution in [0.3, 0.4) is 0 Å². The van der Waals surface area contributed by atoms with E-state index in [1.807, 2.05) is 12.1 Å². The van der Waals surface area contributed by atoms with Gasteiger partial charge in [-0.25, -0.2) is 8.78 Å². The van der Waals surface area contributed by atoms with Crippen LogP contribution in [0.4, 0.5) is 14.5 Å². The molecular formula is C19H19F2NO2. The number of hydrogen-bond donors (Lipinski definition) is 1. The van der Waals surface area contributed by atoms with E-state index in [0.29, 0.717) is 5.92 Å². The molecule has 0 bridgehead atoms. The van der Waals surface area contributed by atoms with Crippen LogP contribution in [0.5, 0.6) is 0 Å². The van der Waals surface area contributed by atoms with E-state index < -0.39 is 23.8 Å². The average molecular weight is 331 g/mol. The van der Waals surface area contributed by atoms with Crippen molar-refractivity contribution in [2.45, 2.75) is 38.0 Å². The molecule has 126 valence electrons. The first-order valence-electron chi connectivity index (χ1n) is 8.13. The van der Waals surface area contributed by atoms with E-state index in [0.717, 1.165) is 17.3 Å². The van der Waals surface area contributed by atoms with Crippen LogP contribution in [0, 0.1) is 11.6 Å². The lowest BCUT2D eigenvalue weighted by Gasteiger charge is -2.35. The first-order valence-corrected chi connectivity index (χ1v) is 8.13. The Morgan fingerprint density at radius 3 is 2.71 bits per heavy atom. The Hall–Kier alpha value is -1.98. The molecule has 0 aromatic heterocycles. The lowest BCUT2D eigenvalue weighted by molar-refractivity contribution is 0.0365. The molecule has 1 N–H and O–H groups in total. The maximum Gasteiger partial charge on any atom is 0.164 e. The zero-order valence-corrected chi connectivity index (χ0v) is 13.6. The molecule has 2 aromatic rings. The molecule has 1 saturated heterocycles. The quantitative estimate of drug-likeness (QED) is 0.867. The predicted molar refractivity (Wildman–Crippen MR) is 86.8 cm³/mol. The Bertz CT molecular complexity index is 778. The molecule has 2 heterocycles. The smallest absolute Gasteiger partial charge is 0.164 e. The summed E-state index contributed by atoms with van der Waals surface area (Å²) in [6, 6.07) is 9.86. The molecule has 0 aliphatic carbocycles. The van der Waals surface area contributed by atoms with Crippen LogP contribution in [0.1, 0.15) is 48.6 Å². The Morgan fingerprint density at radius 1 is 1.08 bits per heavy atom. The maximum atomic E-state index is 14.3. The Labute approximate surface area is 139 Å². The number of hydrogen-bond acceptors (Lipinski definition) is 3. The van der Waals surface area contributed by atoms with Crippen LogP contribution in [-0.4, -0.2) is 12.9 Å². The largest absolute Gasteiger partial charge is 0.375 e. The third-order valence-electron chi connectivity index (χ3n) is 4.81. The van der Waals surface area contributed by atoms with E-state index in [1.54, 1.807) is 6.07 Å². The molecule has 24 heavy (non-hydrogen) atoms. The molecule has 0 saturated carbocycles. The third kappa shape index (κ3) is 2.39. The summed E-state index contributed by atoms with van der Waals surface area (Å²) in [4.78, 5) is 0. The van der Waals surface area contributed by atoms with Gasteiger partial charge in [-0.15, -0.1) is 0 Å². The zero-order valence-electron chi connectivity index (χ0n) is 13.6. The molecule has 1 fully saturated rings. The van der Waals surface area contributed by atoms with Gasteiger partial charge in [0.25, 0.3) is 0 Å². The molecule has 2 aromatic carbocycles. The molecule has 0 amide bonds. The van der Waals surface area contributed by atoms with E-state index in [4.69, 9.17) is 9.47 Å².